The normalized spacial score (nSPS) is 14.2. The van der Waals surface area contributed by atoms with Gasteiger partial charge in [-0.15, -0.1) is 0 Å². The van der Waals surface area contributed by atoms with Gasteiger partial charge in [0.05, 0.1) is 6.42 Å². The summed E-state index contributed by atoms with van der Waals surface area (Å²) >= 11 is 0. The Kier molecular flexibility index (Phi) is 4.12. The number of carboxylic acid groups (broad SMARTS) is 1. The molecule has 2 rings (SSSR count). The van der Waals surface area contributed by atoms with Crippen LogP contribution in [-0.4, -0.2) is 23.5 Å². The third-order valence-electron chi connectivity index (χ3n) is 3.65. The quantitative estimate of drug-likeness (QED) is 0.899. The summed E-state index contributed by atoms with van der Waals surface area (Å²) in [5, 5.41) is 8.89. The Morgan fingerprint density at radius 2 is 1.75 bits per heavy atom. The number of aliphatic carboxylic acids is 1. The van der Waals surface area contributed by atoms with Gasteiger partial charge in [0.2, 0.25) is 5.91 Å². The Bertz CT molecular complexity index is 524. The highest BCUT2D eigenvalue weighted by Crippen LogP contribution is 2.35. The van der Waals surface area contributed by atoms with Gasteiger partial charge in [-0.2, -0.15) is 0 Å². The summed E-state index contributed by atoms with van der Waals surface area (Å²) in [6.45, 7) is 6.22. The zero-order chi connectivity index (χ0) is 14.9. The van der Waals surface area contributed by atoms with Crippen molar-refractivity contribution in [2.75, 3.05) is 11.4 Å². The summed E-state index contributed by atoms with van der Waals surface area (Å²) in [5.41, 5.74) is 4.10. The third-order valence-corrected chi connectivity index (χ3v) is 3.65. The zero-order valence-corrected chi connectivity index (χ0v) is 12.3. The van der Waals surface area contributed by atoms with Gasteiger partial charge in [-0.3, -0.25) is 9.59 Å². The molecule has 0 unspecified atom stereocenters. The molecule has 1 fully saturated rings. The van der Waals surface area contributed by atoms with E-state index >= 15 is 0 Å². The van der Waals surface area contributed by atoms with Gasteiger partial charge >= 0.3 is 5.97 Å². The Hall–Kier alpha value is -1.84. The molecule has 0 heterocycles. The molecule has 1 amide bonds. The molecule has 1 aliphatic carbocycles. The van der Waals surface area contributed by atoms with Crippen molar-refractivity contribution in [2.24, 2.45) is 5.92 Å². The van der Waals surface area contributed by atoms with E-state index in [1.807, 2.05) is 32.9 Å². The van der Waals surface area contributed by atoms with Crippen LogP contribution >= 0.6 is 0 Å². The second-order valence-electron chi connectivity index (χ2n) is 5.66. The van der Waals surface area contributed by atoms with Crippen molar-refractivity contribution in [3.63, 3.8) is 0 Å². The lowest BCUT2D eigenvalue weighted by Crippen LogP contribution is -2.35. The Labute approximate surface area is 119 Å². The van der Waals surface area contributed by atoms with E-state index in [-0.39, 0.29) is 24.8 Å². The lowest BCUT2D eigenvalue weighted by molar-refractivity contribution is -0.136. The number of benzene rings is 1. The molecular formula is C16H21NO3. The molecule has 0 aromatic heterocycles. The van der Waals surface area contributed by atoms with Crippen molar-refractivity contribution in [1.82, 2.24) is 0 Å². The van der Waals surface area contributed by atoms with E-state index in [1.165, 1.54) is 0 Å². The molecule has 1 N–H and O–H groups in total. The van der Waals surface area contributed by atoms with E-state index in [0.29, 0.717) is 0 Å². The average Bonchev–Trinajstić information content (AvgIpc) is 3.14. The van der Waals surface area contributed by atoms with E-state index < -0.39 is 5.97 Å². The highest BCUT2D eigenvalue weighted by atomic mass is 16.4. The number of carbonyl (C=O) groups excluding carboxylic acids is 1. The first-order valence-corrected chi connectivity index (χ1v) is 7.01. The maximum Gasteiger partial charge on any atom is 0.305 e. The molecule has 0 saturated heterocycles. The molecule has 4 nitrogen and oxygen atoms in total. The number of hydrogen-bond donors (Lipinski definition) is 1. The maximum atomic E-state index is 12.4. The van der Waals surface area contributed by atoms with Gasteiger partial charge in [0, 0.05) is 18.2 Å². The minimum absolute atomic E-state index is 0.0226. The minimum Gasteiger partial charge on any atom is -0.481 e. The number of amides is 1. The fourth-order valence-corrected chi connectivity index (χ4v) is 2.69. The molecule has 0 radical (unpaired) electrons. The second kappa shape index (κ2) is 5.65. The summed E-state index contributed by atoms with van der Waals surface area (Å²) in [6.07, 6.45) is 1.82. The van der Waals surface area contributed by atoms with Crippen LogP contribution in [0.25, 0.3) is 0 Å². The van der Waals surface area contributed by atoms with Gasteiger partial charge in [-0.1, -0.05) is 17.7 Å². The van der Waals surface area contributed by atoms with Crippen LogP contribution in [0.2, 0.25) is 0 Å². The molecule has 0 spiro atoms. The molecule has 108 valence electrons. The van der Waals surface area contributed by atoms with Crippen LogP contribution in [0.15, 0.2) is 12.1 Å². The third kappa shape index (κ3) is 3.18. The smallest absolute Gasteiger partial charge is 0.305 e. The number of carbonyl (C=O) groups is 2. The summed E-state index contributed by atoms with van der Waals surface area (Å²) in [6, 6.07) is 4.08. The lowest BCUT2D eigenvalue weighted by atomic mass is 10.0. The SMILES string of the molecule is Cc1cc(C)c(N(CCC(=O)O)C(=O)C2CC2)c(C)c1. The van der Waals surface area contributed by atoms with Crippen LogP contribution in [0, 0.1) is 26.7 Å². The summed E-state index contributed by atoms with van der Waals surface area (Å²) in [4.78, 5) is 24.9. The molecule has 1 aromatic rings. The highest BCUT2D eigenvalue weighted by Gasteiger charge is 2.35. The number of rotatable bonds is 5. The summed E-state index contributed by atoms with van der Waals surface area (Å²) in [5.74, 6) is -0.716. The van der Waals surface area contributed by atoms with Crippen molar-refractivity contribution in [2.45, 2.75) is 40.0 Å². The van der Waals surface area contributed by atoms with Crippen molar-refractivity contribution in [1.29, 1.82) is 0 Å². The van der Waals surface area contributed by atoms with Crippen LogP contribution in [0.4, 0.5) is 5.69 Å². The molecule has 1 saturated carbocycles. The Morgan fingerprint density at radius 3 is 2.20 bits per heavy atom. The van der Waals surface area contributed by atoms with Crippen LogP contribution in [0.1, 0.15) is 36.0 Å². The number of hydrogen-bond acceptors (Lipinski definition) is 2. The first kappa shape index (κ1) is 14.6. The standard InChI is InChI=1S/C16H21NO3/c1-10-8-11(2)15(12(3)9-10)17(7-6-14(18)19)16(20)13-4-5-13/h8-9,13H,4-7H2,1-3H3,(H,18,19). The molecule has 4 heteroatoms. The number of aryl methyl sites for hydroxylation is 3. The summed E-state index contributed by atoms with van der Waals surface area (Å²) < 4.78 is 0. The van der Waals surface area contributed by atoms with Crippen LogP contribution in [0.3, 0.4) is 0 Å². The van der Waals surface area contributed by atoms with Crippen molar-refractivity contribution < 1.29 is 14.7 Å². The van der Waals surface area contributed by atoms with E-state index in [9.17, 15) is 9.59 Å². The van der Waals surface area contributed by atoms with Gasteiger partial charge < -0.3 is 10.0 Å². The van der Waals surface area contributed by atoms with E-state index in [4.69, 9.17) is 5.11 Å². The predicted molar refractivity (Wildman–Crippen MR) is 78.0 cm³/mol. The minimum atomic E-state index is -0.874. The number of carboxylic acids is 1. The van der Waals surface area contributed by atoms with Crippen LogP contribution in [0.5, 0.6) is 0 Å². The van der Waals surface area contributed by atoms with Gasteiger partial charge in [-0.25, -0.2) is 0 Å². The van der Waals surface area contributed by atoms with Crippen molar-refractivity contribution >= 4 is 17.6 Å². The highest BCUT2D eigenvalue weighted by molar-refractivity contribution is 5.98. The van der Waals surface area contributed by atoms with Crippen LogP contribution in [-0.2, 0) is 9.59 Å². The van der Waals surface area contributed by atoms with Gasteiger partial charge in [0.25, 0.3) is 0 Å². The Balaban J connectivity index is 2.34. The topological polar surface area (TPSA) is 57.6 Å². The molecule has 1 aliphatic rings. The van der Waals surface area contributed by atoms with Crippen LogP contribution < -0.4 is 4.90 Å². The Morgan fingerprint density at radius 1 is 1.20 bits per heavy atom. The van der Waals surface area contributed by atoms with E-state index in [2.05, 4.69) is 0 Å². The monoisotopic (exact) mass is 275 g/mol. The first-order valence-electron chi connectivity index (χ1n) is 7.01. The maximum absolute atomic E-state index is 12.4. The van der Waals surface area contributed by atoms with Gasteiger partial charge in [0.15, 0.2) is 0 Å². The molecule has 0 bridgehead atoms. The molecule has 0 atom stereocenters. The predicted octanol–water partition coefficient (Wildman–Crippen LogP) is 2.83. The number of nitrogens with zero attached hydrogens (tertiary/aromatic N) is 1. The average molecular weight is 275 g/mol. The van der Waals surface area contributed by atoms with E-state index in [1.54, 1.807) is 4.90 Å². The van der Waals surface area contributed by atoms with Crippen molar-refractivity contribution in [3.05, 3.63) is 28.8 Å². The lowest BCUT2D eigenvalue weighted by Gasteiger charge is -2.26. The largest absolute Gasteiger partial charge is 0.481 e. The number of anilines is 1. The molecular weight excluding hydrogens is 254 g/mol. The zero-order valence-electron chi connectivity index (χ0n) is 12.3. The fraction of sp³-hybridized carbons (Fsp3) is 0.500. The molecule has 1 aromatic carbocycles. The first-order chi connectivity index (χ1) is 9.40. The van der Waals surface area contributed by atoms with Gasteiger partial charge in [-0.05, 0) is 44.7 Å². The molecule has 20 heavy (non-hydrogen) atoms. The van der Waals surface area contributed by atoms with E-state index in [0.717, 1.165) is 35.2 Å². The second-order valence-corrected chi connectivity index (χ2v) is 5.66. The van der Waals surface area contributed by atoms with Gasteiger partial charge in [0.1, 0.15) is 0 Å². The molecule has 0 aliphatic heterocycles. The van der Waals surface area contributed by atoms with Crippen molar-refractivity contribution in [3.8, 4) is 0 Å². The summed E-state index contributed by atoms with van der Waals surface area (Å²) in [7, 11) is 0. The fourth-order valence-electron chi connectivity index (χ4n) is 2.69.